The van der Waals surface area contributed by atoms with Gasteiger partial charge in [0.15, 0.2) is 0 Å². The summed E-state index contributed by atoms with van der Waals surface area (Å²) in [4.78, 5) is 10.7. The van der Waals surface area contributed by atoms with E-state index in [4.69, 9.17) is 5.11 Å². The number of rotatable bonds is 4. The largest absolute Gasteiger partial charge is 0.481 e. The maximum Gasteiger partial charge on any atom is 0.303 e. The van der Waals surface area contributed by atoms with Crippen LogP contribution in [-0.2, 0) is 11.2 Å². The van der Waals surface area contributed by atoms with Crippen LogP contribution in [0.1, 0.15) is 37.4 Å². The van der Waals surface area contributed by atoms with Crippen LogP contribution in [0.25, 0.3) is 10.9 Å². The summed E-state index contributed by atoms with van der Waals surface area (Å²) in [6.45, 7) is 6.34. The molecule has 96 valence electrons. The maximum absolute atomic E-state index is 10.7. The number of benzene rings is 1. The molecule has 0 radical (unpaired) electrons. The quantitative estimate of drug-likeness (QED) is 0.895. The van der Waals surface area contributed by atoms with Crippen LogP contribution >= 0.6 is 0 Å². The highest BCUT2D eigenvalue weighted by Gasteiger charge is 2.11. The lowest BCUT2D eigenvalue weighted by molar-refractivity contribution is -0.136. The zero-order valence-electron chi connectivity index (χ0n) is 11.1. The fourth-order valence-electron chi connectivity index (χ4n) is 2.31. The van der Waals surface area contributed by atoms with Crippen molar-refractivity contribution in [2.45, 2.75) is 39.7 Å². The fourth-order valence-corrected chi connectivity index (χ4v) is 2.31. The van der Waals surface area contributed by atoms with Gasteiger partial charge in [-0.2, -0.15) is 0 Å². The van der Waals surface area contributed by atoms with E-state index in [1.807, 2.05) is 0 Å². The fraction of sp³-hybridized carbons (Fsp3) is 0.400. The van der Waals surface area contributed by atoms with Gasteiger partial charge in [-0.25, -0.2) is 0 Å². The first-order chi connectivity index (χ1) is 8.49. The van der Waals surface area contributed by atoms with Gasteiger partial charge in [-0.1, -0.05) is 11.6 Å². The summed E-state index contributed by atoms with van der Waals surface area (Å²) in [5, 5.41) is 10.00. The first-order valence-electron chi connectivity index (χ1n) is 6.31. The minimum Gasteiger partial charge on any atom is -0.481 e. The van der Waals surface area contributed by atoms with Gasteiger partial charge in [-0.15, -0.1) is 0 Å². The van der Waals surface area contributed by atoms with Crippen molar-refractivity contribution in [3.05, 3.63) is 35.5 Å². The topological polar surface area (TPSA) is 42.2 Å². The molecule has 18 heavy (non-hydrogen) atoms. The number of carboxylic acid groups (broad SMARTS) is 1. The van der Waals surface area contributed by atoms with Gasteiger partial charge in [0.2, 0.25) is 0 Å². The third kappa shape index (κ3) is 2.40. The van der Waals surface area contributed by atoms with Crippen LogP contribution < -0.4 is 0 Å². The molecule has 0 aliphatic heterocycles. The average molecular weight is 245 g/mol. The molecule has 0 aliphatic rings. The highest BCUT2D eigenvalue weighted by molar-refractivity contribution is 5.85. The first-order valence-corrected chi connectivity index (χ1v) is 6.31. The van der Waals surface area contributed by atoms with Crippen LogP contribution in [0.3, 0.4) is 0 Å². The van der Waals surface area contributed by atoms with Gasteiger partial charge in [0.1, 0.15) is 0 Å². The number of carboxylic acids is 1. The number of aliphatic carboxylic acids is 1. The summed E-state index contributed by atoms with van der Waals surface area (Å²) < 4.78 is 2.21. The molecule has 1 aromatic carbocycles. The molecular weight excluding hydrogens is 226 g/mol. The zero-order valence-corrected chi connectivity index (χ0v) is 11.1. The van der Waals surface area contributed by atoms with E-state index in [9.17, 15) is 4.79 Å². The van der Waals surface area contributed by atoms with Crippen molar-refractivity contribution in [2.75, 3.05) is 0 Å². The molecular formula is C15H19NO2. The number of aromatic nitrogens is 1. The summed E-state index contributed by atoms with van der Waals surface area (Å²) >= 11 is 0. The molecule has 0 atom stereocenters. The molecule has 0 amide bonds. The number of nitrogens with zero attached hydrogens (tertiary/aromatic N) is 1. The molecule has 3 heteroatoms. The normalized spacial score (nSPS) is 11.3. The SMILES string of the molecule is Cc1ccc2c(c1)c(CCC(=O)O)cn2C(C)C. The zero-order chi connectivity index (χ0) is 13.3. The van der Waals surface area contributed by atoms with E-state index in [1.54, 1.807) is 0 Å². The van der Waals surface area contributed by atoms with Gasteiger partial charge in [-0.3, -0.25) is 4.79 Å². The average Bonchev–Trinajstić information content (AvgIpc) is 2.64. The Morgan fingerprint density at radius 2 is 2.11 bits per heavy atom. The van der Waals surface area contributed by atoms with Crippen molar-refractivity contribution in [3.8, 4) is 0 Å². The number of carbonyl (C=O) groups is 1. The Bertz CT molecular complexity index is 581. The summed E-state index contributed by atoms with van der Waals surface area (Å²) in [5.41, 5.74) is 3.53. The molecule has 0 saturated carbocycles. The van der Waals surface area contributed by atoms with Crippen LogP contribution in [0, 0.1) is 6.92 Å². The third-order valence-corrected chi connectivity index (χ3v) is 3.24. The predicted molar refractivity (Wildman–Crippen MR) is 73.0 cm³/mol. The lowest BCUT2D eigenvalue weighted by Gasteiger charge is -2.08. The molecule has 1 heterocycles. The smallest absolute Gasteiger partial charge is 0.303 e. The second-order valence-corrected chi connectivity index (χ2v) is 5.07. The predicted octanol–water partition coefficient (Wildman–Crippen LogP) is 3.55. The van der Waals surface area contributed by atoms with E-state index in [-0.39, 0.29) is 6.42 Å². The molecule has 3 nitrogen and oxygen atoms in total. The van der Waals surface area contributed by atoms with Crippen LogP contribution in [0.15, 0.2) is 24.4 Å². The number of fused-ring (bicyclic) bond motifs is 1. The number of aryl methyl sites for hydroxylation is 2. The minimum atomic E-state index is -0.742. The molecule has 2 aromatic rings. The highest BCUT2D eigenvalue weighted by Crippen LogP contribution is 2.26. The molecule has 0 aliphatic carbocycles. The van der Waals surface area contributed by atoms with Gasteiger partial charge in [0.25, 0.3) is 0 Å². The standard InChI is InChI=1S/C15H19NO2/c1-10(2)16-9-12(5-7-15(17)18)13-8-11(3)4-6-14(13)16/h4,6,8-10H,5,7H2,1-3H3,(H,17,18). The Kier molecular flexibility index (Phi) is 3.41. The lowest BCUT2D eigenvalue weighted by Crippen LogP contribution is -1.99. The summed E-state index contributed by atoms with van der Waals surface area (Å²) in [6, 6.07) is 6.75. The molecule has 0 bridgehead atoms. The van der Waals surface area contributed by atoms with Crippen molar-refractivity contribution in [1.82, 2.24) is 4.57 Å². The van der Waals surface area contributed by atoms with E-state index >= 15 is 0 Å². The molecule has 0 saturated heterocycles. The Hall–Kier alpha value is -1.77. The lowest BCUT2D eigenvalue weighted by atomic mass is 10.1. The molecule has 0 spiro atoms. The van der Waals surface area contributed by atoms with E-state index in [0.717, 1.165) is 5.56 Å². The van der Waals surface area contributed by atoms with Crippen LogP contribution in [0.5, 0.6) is 0 Å². The Morgan fingerprint density at radius 1 is 1.39 bits per heavy atom. The Labute approximate surface area is 107 Å². The van der Waals surface area contributed by atoms with E-state index in [1.165, 1.54) is 16.5 Å². The van der Waals surface area contributed by atoms with Crippen molar-refractivity contribution < 1.29 is 9.90 Å². The summed E-state index contributed by atoms with van der Waals surface area (Å²) in [7, 11) is 0. The molecule has 1 N–H and O–H groups in total. The number of hydrogen-bond donors (Lipinski definition) is 1. The first kappa shape index (κ1) is 12.7. The monoisotopic (exact) mass is 245 g/mol. The van der Waals surface area contributed by atoms with E-state index < -0.39 is 5.97 Å². The summed E-state index contributed by atoms with van der Waals surface area (Å²) in [6.07, 6.45) is 2.87. The Balaban J connectivity index is 2.51. The molecule has 1 aromatic heterocycles. The van der Waals surface area contributed by atoms with Crippen molar-refractivity contribution in [3.63, 3.8) is 0 Å². The second-order valence-electron chi connectivity index (χ2n) is 5.07. The molecule has 0 fully saturated rings. The third-order valence-electron chi connectivity index (χ3n) is 3.24. The Morgan fingerprint density at radius 3 is 2.72 bits per heavy atom. The maximum atomic E-state index is 10.7. The summed E-state index contributed by atoms with van der Waals surface area (Å²) in [5.74, 6) is -0.742. The van der Waals surface area contributed by atoms with Crippen molar-refractivity contribution >= 4 is 16.9 Å². The molecule has 2 rings (SSSR count). The van der Waals surface area contributed by atoms with Crippen LogP contribution in [0.4, 0.5) is 0 Å². The van der Waals surface area contributed by atoms with Gasteiger partial charge in [0, 0.05) is 29.6 Å². The van der Waals surface area contributed by atoms with Crippen molar-refractivity contribution in [1.29, 1.82) is 0 Å². The van der Waals surface area contributed by atoms with Gasteiger partial charge in [0.05, 0.1) is 0 Å². The van der Waals surface area contributed by atoms with Crippen LogP contribution in [-0.4, -0.2) is 15.6 Å². The second kappa shape index (κ2) is 4.84. The molecule has 0 unspecified atom stereocenters. The van der Waals surface area contributed by atoms with Gasteiger partial charge < -0.3 is 9.67 Å². The van der Waals surface area contributed by atoms with E-state index in [2.05, 4.69) is 49.7 Å². The van der Waals surface area contributed by atoms with Gasteiger partial charge >= 0.3 is 5.97 Å². The minimum absolute atomic E-state index is 0.186. The number of hydrogen-bond acceptors (Lipinski definition) is 1. The van der Waals surface area contributed by atoms with Gasteiger partial charge in [-0.05, 0) is 44.9 Å². The highest BCUT2D eigenvalue weighted by atomic mass is 16.4. The van der Waals surface area contributed by atoms with E-state index in [0.29, 0.717) is 12.5 Å². The van der Waals surface area contributed by atoms with Crippen molar-refractivity contribution in [2.24, 2.45) is 0 Å². The van der Waals surface area contributed by atoms with Crippen LogP contribution in [0.2, 0.25) is 0 Å².